The highest BCUT2D eigenvalue weighted by molar-refractivity contribution is 5.43. The second-order valence-corrected chi connectivity index (χ2v) is 7.02. The van der Waals surface area contributed by atoms with Crippen LogP contribution in [0.4, 0.5) is 11.8 Å². The zero-order valence-corrected chi connectivity index (χ0v) is 15.3. The van der Waals surface area contributed by atoms with Crippen LogP contribution in [0.2, 0.25) is 0 Å². The van der Waals surface area contributed by atoms with Crippen molar-refractivity contribution >= 4 is 11.8 Å². The van der Waals surface area contributed by atoms with E-state index in [0.717, 1.165) is 63.7 Å². The minimum Gasteiger partial charge on any atom is -0.378 e. The number of hydrogen-bond acceptors (Lipinski definition) is 7. The Hall–Kier alpha value is -2.69. The van der Waals surface area contributed by atoms with E-state index in [2.05, 4.69) is 37.2 Å². The third-order valence-electron chi connectivity index (χ3n) is 5.04. The van der Waals surface area contributed by atoms with Crippen LogP contribution in [0.15, 0.2) is 36.5 Å². The first-order valence-electron chi connectivity index (χ1n) is 9.44. The fourth-order valence-corrected chi connectivity index (χ4v) is 3.66. The Balaban J connectivity index is 1.33. The second-order valence-electron chi connectivity index (χ2n) is 7.02. The number of hydrogen-bond donors (Lipinski definition) is 1. The van der Waals surface area contributed by atoms with Gasteiger partial charge in [-0.05, 0) is 30.2 Å². The number of likely N-dealkylation sites (tertiary alicyclic amines) is 1. The van der Waals surface area contributed by atoms with Crippen LogP contribution < -0.4 is 10.2 Å². The van der Waals surface area contributed by atoms with E-state index in [1.54, 1.807) is 0 Å². The molecule has 0 aliphatic carbocycles. The zero-order chi connectivity index (χ0) is 18.5. The number of rotatable bonds is 5. The molecule has 2 aromatic rings. The molecule has 2 aliphatic rings. The molecule has 4 rings (SSSR count). The van der Waals surface area contributed by atoms with E-state index in [1.807, 2.05) is 30.5 Å². The molecule has 3 heterocycles. The molecular weight excluding hydrogens is 340 g/mol. The molecule has 2 aliphatic heterocycles. The lowest BCUT2D eigenvalue weighted by atomic mass is 10.1. The minimum absolute atomic E-state index is 0.337. The molecule has 1 unspecified atom stereocenters. The Kier molecular flexibility index (Phi) is 5.47. The summed E-state index contributed by atoms with van der Waals surface area (Å²) in [5.74, 6) is 1.65. The SMILES string of the molecule is N#Cc1cccc(CN2CCC(Nc3nccc(N4CCOCC4)n3)C2)c1. The lowest BCUT2D eigenvalue weighted by Crippen LogP contribution is -2.37. The number of nitrogens with one attached hydrogen (secondary N) is 1. The Bertz CT molecular complexity index is 814. The minimum atomic E-state index is 0.337. The highest BCUT2D eigenvalue weighted by Gasteiger charge is 2.23. The molecule has 1 atom stereocenters. The highest BCUT2D eigenvalue weighted by atomic mass is 16.5. The summed E-state index contributed by atoms with van der Waals surface area (Å²) in [6.07, 6.45) is 2.88. The largest absolute Gasteiger partial charge is 0.378 e. The van der Waals surface area contributed by atoms with Crippen molar-refractivity contribution in [3.8, 4) is 6.07 Å². The number of nitriles is 1. The first-order chi connectivity index (χ1) is 13.3. The van der Waals surface area contributed by atoms with Gasteiger partial charge in [0.15, 0.2) is 0 Å². The molecule has 1 aromatic carbocycles. The number of aromatic nitrogens is 2. The van der Waals surface area contributed by atoms with Crippen molar-refractivity contribution in [3.63, 3.8) is 0 Å². The van der Waals surface area contributed by atoms with Crippen molar-refractivity contribution < 1.29 is 4.74 Å². The van der Waals surface area contributed by atoms with Crippen molar-refractivity contribution in [2.45, 2.75) is 19.0 Å². The first-order valence-corrected chi connectivity index (χ1v) is 9.44. The number of anilines is 2. The molecule has 0 spiro atoms. The van der Waals surface area contributed by atoms with Crippen molar-refractivity contribution in [2.75, 3.05) is 49.6 Å². The molecule has 0 saturated carbocycles. The predicted octanol–water partition coefficient (Wildman–Crippen LogP) is 1.87. The van der Waals surface area contributed by atoms with Gasteiger partial charge in [0.25, 0.3) is 0 Å². The molecular formula is C20H24N6O. The fourth-order valence-electron chi connectivity index (χ4n) is 3.66. The van der Waals surface area contributed by atoms with E-state index >= 15 is 0 Å². The fraction of sp³-hybridized carbons (Fsp3) is 0.450. The Morgan fingerprint density at radius 3 is 2.96 bits per heavy atom. The normalized spacial score (nSPS) is 20.4. The molecule has 2 saturated heterocycles. The smallest absolute Gasteiger partial charge is 0.224 e. The first kappa shape index (κ1) is 17.7. The lowest BCUT2D eigenvalue weighted by Gasteiger charge is -2.28. The van der Waals surface area contributed by atoms with Gasteiger partial charge in [0, 0.05) is 45.0 Å². The van der Waals surface area contributed by atoms with Gasteiger partial charge >= 0.3 is 0 Å². The standard InChI is InChI=1S/C20H24N6O/c21-13-16-2-1-3-17(12-16)14-25-7-5-18(15-25)23-20-22-6-4-19(24-20)26-8-10-27-11-9-26/h1-4,6,12,18H,5,7-11,14-15H2,(H,22,23,24). The number of ether oxygens (including phenoxy) is 1. The molecule has 0 bridgehead atoms. The van der Waals surface area contributed by atoms with Crippen LogP contribution in [0.3, 0.4) is 0 Å². The van der Waals surface area contributed by atoms with E-state index in [4.69, 9.17) is 10.00 Å². The van der Waals surface area contributed by atoms with Crippen LogP contribution in [-0.2, 0) is 11.3 Å². The van der Waals surface area contributed by atoms with E-state index < -0.39 is 0 Å². The monoisotopic (exact) mass is 364 g/mol. The van der Waals surface area contributed by atoms with Gasteiger partial charge in [0.05, 0.1) is 24.8 Å². The second kappa shape index (κ2) is 8.33. The third kappa shape index (κ3) is 4.54. The molecule has 140 valence electrons. The Morgan fingerprint density at radius 2 is 2.11 bits per heavy atom. The molecule has 0 radical (unpaired) electrons. The summed E-state index contributed by atoms with van der Waals surface area (Å²) >= 11 is 0. The Morgan fingerprint density at radius 1 is 1.22 bits per heavy atom. The van der Waals surface area contributed by atoms with Gasteiger partial charge < -0.3 is 15.0 Å². The summed E-state index contributed by atoms with van der Waals surface area (Å²) in [6, 6.07) is 12.3. The van der Waals surface area contributed by atoms with Gasteiger partial charge in [-0.15, -0.1) is 0 Å². The molecule has 2 fully saturated rings. The molecule has 1 aromatic heterocycles. The van der Waals surface area contributed by atoms with Crippen LogP contribution in [0, 0.1) is 11.3 Å². The van der Waals surface area contributed by atoms with Gasteiger partial charge in [0.2, 0.25) is 5.95 Å². The van der Waals surface area contributed by atoms with E-state index in [1.165, 1.54) is 5.56 Å². The maximum Gasteiger partial charge on any atom is 0.224 e. The van der Waals surface area contributed by atoms with Crippen LogP contribution >= 0.6 is 0 Å². The van der Waals surface area contributed by atoms with Gasteiger partial charge in [-0.1, -0.05) is 12.1 Å². The van der Waals surface area contributed by atoms with Crippen molar-refractivity contribution in [1.82, 2.24) is 14.9 Å². The number of morpholine rings is 1. The van der Waals surface area contributed by atoms with Gasteiger partial charge in [-0.25, -0.2) is 4.98 Å². The molecule has 7 heteroatoms. The summed E-state index contributed by atoms with van der Waals surface area (Å²) in [6.45, 7) is 6.07. The van der Waals surface area contributed by atoms with Gasteiger partial charge in [0.1, 0.15) is 5.82 Å². The summed E-state index contributed by atoms with van der Waals surface area (Å²) in [5.41, 5.74) is 1.90. The maximum absolute atomic E-state index is 9.05. The average Bonchev–Trinajstić information content (AvgIpc) is 3.15. The van der Waals surface area contributed by atoms with E-state index in [9.17, 15) is 0 Å². The summed E-state index contributed by atoms with van der Waals surface area (Å²) in [4.78, 5) is 13.7. The molecule has 27 heavy (non-hydrogen) atoms. The van der Waals surface area contributed by atoms with Crippen molar-refractivity contribution in [1.29, 1.82) is 5.26 Å². The highest BCUT2D eigenvalue weighted by Crippen LogP contribution is 2.19. The summed E-state index contributed by atoms with van der Waals surface area (Å²) in [5, 5.41) is 12.5. The zero-order valence-electron chi connectivity index (χ0n) is 15.3. The summed E-state index contributed by atoms with van der Waals surface area (Å²) in [7, 11) is 0. The molecule has 0 amide bonds. The lowest BCUT2D eigenvalue weighted by molar-refractivity contribution is 0.122. The average molecular weight is 364 g/mol. The summed E-state index contributed by atoms with van der Waals surface area (Å²) < 4.78 is 5.41. The predicted molar refractivity (Wildman–Crippen MR) is 104 cm³/mol. The van der Waals surface area contributed by atoms with E-state index in [-0.39, 0.29) is 0 Å². The quantitative estimate of drug-likeness (QED) is 0.868. The Labute approximate surface area is 159 Å². The number of benzene rings is 1. The molecule has 1 N–H and O–H groups in total. The van der Waals surface area contributed by atoms with Crippen LogP contribution in [0.5, 0.6) is 0 Å². The van der Waals surface area contributed by atoms with Crippen molar-refractivity contribution in [2.24, 2.45) is 0 Å². The van der Waals surface area contributed by atoms with Crippen LogP contribution in [-0.4, -0.2) is 60.3 Å². The van der Waals surface area contributed by atoms with Gasteiger partial charge in [-0.2, -0.15) is 10.2 Å². The van der Waals surface area contributed by atoms with Crippen LogP contribution in [0.1, 0.15) is 17.5 Å². The van der Waals surface area contributed by atoms with Gasteiger partial charge in [-0.3, -0.25) is 4.90 Å². The number of nitrogens with zero attached hydrogens (tertiary/aromatic N) is 5. The third-order valence-corrected chi connectivity index (χ3v) is 5.04. The maximum atomic E-state index is 9.05. The van der Waals surface area contributed by atoms with Crippen molar-refractivity contribution in [3.05, 3.63) is 47.7 Å². The molecule has 7 nitrogen and oxygen atoms in total. The topological polar surface area (TPSA) is 77.3 Å². The van der Waals surface area contributed by atoms with E-state index in [0.29, 0.717) is 12.0 Å². The van der Waals surface area contributed by atoms with Crippen LogP contribution in [0.25, 0.3) is 0 Å².